The molecular weight excluding hydrogens is 1220 g/mol. The maximum absolute atomic E-state index is 12.8. The van der Waals surface area contributed by atoms with Crippen LogP contribution in [-0.4, -0.2) is 73.1 Å². The minimum absolute atomic E-state index is 0.00494. The molecule has 4 aliphatic heterocycles. The minimum Gasteiger partial charge on any atom is -0.296 e. The second-order valence-electron chi connectivity index (χ2n) is 26.8. The quantitative estimate of drug-likeness (QED) is 0.102. The van der Waals surface area contributed by atoms with Crippen molar-refractivity contribution in [3.05, 3.63) is 225 Å². The van der Waals surface area contributed by atoms with Gasteiger partial charge in [-0.05, 0) is 156 Å². The number of halogens is 2. The standard InChI is InChI=1S/2C20H18N4O.2C13H14ClN3O.C7H5N/c1-20(2)11-10-17-23-18-16(19(25)24(17)13-20)9-8-15(22-18)7-6-14-5-3-4-12-21-14;1-20(2)10-12-24-17(13-20)23-18-16(19(24)25)9-8-15(22-18)7-6-14-5-3-4-11-21-14;1-13(2)5-6-17-10(7-13)16-11-8(12(17)18)3-4-9(14)15-11;1-13(2)6-5-10-16-11-8(3-4-9(14)15-11)12(18)17(10)7-13;1-2-7-5-3-4-6-8-7/h3-5,8-9,12H,10-11,13H2,1-2H3;3-5,8-9,11H,10,12-13H2,1-2H3;2*3-4H,5-7H2,1-2H3;1,3-6H. The Morgan fingerprint density at radius 3 is 1.07 bits per heavy atom. The number of hydrogen-bond acceptors (Lipinski definition) is 15. The topological polar surface area (TPSA) is 230 Å². The van der Waals surface area contributed by atoms with Crippen molar-refractivity contribution in [3.8, 4) is 36.0 Å². The fourth-order valence-electron chi connectivity index (χ4n) is 11.5. The Morgan fingerprint density at radius 2 is 0.713 bits per heavy atom. The minimum atomic E-state index is -0.00971. The summed E-state index contributed by atoms with van der Waals surface area (Å²) in [5, 5.41) is 2.92. The summed E-state index contributed by atoms with van der Waals surface area (Å²) in [6, 6.07) is 30.4. The lowest BCUT2D eigenvalue weighted by Crippen LogP contribution is -2.36. The lowest BCUT2D eigenvalue weighted by molar-refractivity contribution is 0.240. The molecule has 11 aromatic heterocycles. The highest BCUT2D eigenvalue weighted by Crippen LogP contribution is 2.33. The van der Waals surface area contributed by atoms with Gasteiger partial charge in [0.1, 0.15) is 62.1 Å². The van der Waals surface area contributed by atoms with E-state index in [2.05, 4.69) is 140 Å². The van der Waals surface area contributed by atoms with Gasteiger partial charge in [-0.15, -0.1) is 6.42 Å². The molecule has 11 aromatic rings. The molecule has 474 valence electrons. The third kappa shape index (κ3) is 15.5. The van der Waals surface area contributed by atoms with Gasteiger partial charge in [-0.25, -0.2) is 54.8 Å². The van der Waals surface area contributed by atoms with Gasteiger partial charge in [0.05, 0.1) is 21.5 Å². The Hall–Kier alpha value is -10.1. The third-order valence-corrected chi connectivity index (χ3v) is 17.2. The van der Waals surface area contributed by atoms with Gasteiger partial charge in [-0.3, -0.25) is 37.4 Å². The lowest BCUT2D eigenvalue weighted by atomic mass is 9.83. The zero-order valence-corrected chi connectivity index (χ0v) is 55.2. The van der Waals surface area contributed by atoms with E-state index in [0.29, 0.717) is 103 Å². The first kappa shape index (κ1) is 65.4. The summed E-state index contributed by atoms with van der Waals surface area (Å²) >= 11 is 11.7. The van der Waals surface area contributed by atoms with Crippen molar-refractivity contribution in [1.29, 1.82) is 0 Å². The molecule has 4 aliphatic rings. The summed E-state index contributed by atoms with van der Waals surface area (Å²) in [5.74, 6) is 17.6. The summed E-state index contributed by atoms with van der Waals surface area (Å²) < 4.78 is 7.13. The molecule has 0 saturated heterocycles. The molecule has 15 heterocycles. The Balaban J connectivity index is 0.000000124. The largest absolute Gasteiger partial charge is 0.296 e. The highest BCUT2D eigenvalue weighted by Gasteiger charge is 2.31. The number of terminal acetylenes is 1. The van der Waals surface area contributed by atoms with Crippen LogP contribution >= 0.6 is 23.2 Å². The number of rotatable bonds is 0. The molecule has 0 bridgehead atoms. The Kier molecular flexibility index (Phi) is 18.9. The van der Waals surface area contributed by atoms with E-state index < -0.39 is 0 Å². The van der Waals surface area contributed by atoms with Crippen LogP contribution < -0.4 is 22.2 Å². The van der Waals surface area contributed by atoms with Gasteiger partial charge < -0.3 is 0 Å². The van der Waals surface area contributed by atoms with Gasteiger partial charge in [0.2, 0.25) is 0 Å². The van der Waals surface area contributed by atoms with E-state index in [1.807, 2.05) is 48.5 Å². The molecule has 0 unspecified atom stereocenters. The van der Waals surface area contributed by atoms with Crippen LogP contribution in [0.2, 0.25) is 10.3 Å². The molecule has 0 fully saturated rings. The fourth-order valence-corrected chi connectivity index (χ4v) is 11.8. The van der Waals surface area contributed by atoms with Crippen molar-refractivity contribution >= 4 is 67.3 Å². The SMILES string of the molecule is C#Cc1ccccn1.CC1(C)CCc2nc3nc(C#Cc4ccccn4)ccc3c(=O)n2C1.CC1(C)CCc2nc3nc(Cl)ccc3c(=O)n2C1.CC1(C)CCn2c(nc3nc(C#Cc4ccccn4)ccc3c2=O)C1.CC1(C)CCn2c(nc3nc(Cl)ccc3c2=O)C1. The van der Waals surface area contributed by atoms with Crippen LogP contribution in [0.3, 0.4) is 0 Å². The van der Waals surface area contributed by atoms with E-state index in [1.165, 1.54) is 0 Å². The number of nitrogens with zero attached hydrogens (tertiary/aromatic N) is 15. The van der Waals surface area contributed by atoms with Crippen LogP contribution in [0.4, 0.5) is 0 Å². The number of pyridine rings is 7. The molecule has 0 saturated carbocycles. The second-order valence-corrected chi connectivity index (χ2v) is 27.5. The molecule has 0 aliphatic carbocycles. The van der Waals surface area contributed by atoms with Gasteiger partial charge in [-0.2, -0.15) is 0 Å². The molecule has 0 amide bonds. The smallest absolute Gasteiger partial charge is 0.263 e. The molecule has 0 radical (unpaired) electrons. The van der Waals surface area contributed by atoms with Crippen molar-refractivity contribution < 1.29 is 0 Å². The maximum atomic E-state index is 12.8. The number of fused-ring (bicyclic) bond motifs is 8. The van der Waals surface area contributed by atoms with Gasteiger partial charge in [-0.1, -0.05) is 103 Å². The summed E-state index contributed by atoms with van der Waals surface area (Å²) in [6.07, 6.45) is 17.3. The van der Waals surface area contributed by atoms with Gasteiger partial charge >= 0.3 is 0 Å². The fraction of sp³-hybridized carbons (Fsp3) is 0.329. The summed E-state index contributed by atoms with van der Waals surface area (Å²) in [6.45, 7) is 20.4. The van der Waals surface area contributed by atoms with E-state index in [-0.39, 0.29) is 43.9 Å². The van der Waals surface area contributed by atoms with E-state index in [0.717, 1.165) is 81.2 Å². The number of hydrogen-bond donors (Lipinski definition) is 0. The van der Waals surface area contributed by atoms with Crippen LogP contribution in [0.5, 0.6) is 0 Å². The van der Waals surface area contributed by atoms with Crippen LogP contribution in [0.15, 0.2) is 141 Å². The third-order valence-electron chi connectivity index (χ3n) is 16.8. The Bertz CT molecular complexity index is 5150. The van der Waals surface area contributed by atoms with E-state index >= 15 is 0 Å². The molecule has 21 heteroatoms. The van der Waals surface area contributed by atoms with E-state index in [4.69, 9.17) is 29.6 Å². The van der Waals surface area contributed by atoms with Crippen molar-refractivity contribution in [1.82, 2.24) is 73.1 Å². The number of aromatic nitrogens is 15. The number of aryl methyl sites for hydroxylation is 2. The average Bonchev–Trinajstić information content (AvgIpc) is 0.795. The first-order valence-corrected chi connectivity index (χ1v) is 31.8. The molecular formula is C73H69Cl2N15O4. The van der Waals surface area contributed by atoms with Gasteiger partial charge in [0, 0.05) is 70.5 Å². The van der Waals surface area contributed by atoms with Crippen LogP contribution in [0.25, 0.3) is 44.1 Å². The predicted octanol–water partition coefficient (Wildman–Crippen LogP) is 11.0. The average molecular weight is 1290 g/mol. The maximum Gasteiger partial charge on any atom is 0.263 e. The zero-order valence-electron chi connectivity index (χ0n) is 53.7. The molecule has 0 aromatic carbocycles. The van der Waals surface area contributed by atoms with E-state index in [1.54, 1.807) is 91.5 Å². The normalized spacial score (nSPS) is 15.6. The van der Waals surface area contributed by atoms with Crippen molar-refractivity contribution in [2.24, 2.45) is 21.7 Å². The summed E-state index contributed by atoms with van der Waals surface area (Å²) in [5.41, 5.74) is 5.67. The van der Waals surface area contributed by atoms with Crippen molar-refractivity contribution in [2.75, 3.05) is 0 Å². The lowest BCUT2D eigenvalue weighted by Gasteiger charge is -2.31. The van der Waals surface area contributed by atoms with Crippen molar-refractivity contribution in [3.63, 3.8) is 0 Å². The molecule has 0 N–H and O–H groups in total. The molecule has 94 heavy (non-hydrogen) atoms. The van der Waals surface area contributed by atoms with E-state index in [9.17, 15) is 19.2 Å². The molecule has 19 nitrogen and oxygen atoms in total. The zero-order chi connectivity index (χ0) is 66.5. The van der Waals surface area contributed by atoms with Gasteiger partial charge in [0.25, 0.3) is 22.2 Å². The Morgan fingerprint density at radius 1 is 0.372 bits per heavy atom. The van der Waals surface area contributed by atoms with Crippen molar-refractivity contribution in [2.45, 2.75) is 133 Å². The highest BCUT2D eigenvalue weighted by atomic mass is 35.5. The first-order chi connectivity index (χ1) is 44.9. The second kappa shape index (κ2) is 27.2. The predicted molar refractivity (Wildman–Crippen MR) is 366 cm³/mol. The summed E-state index contributed by atoms with van der Waals surface area (Å²) in [4.78, 5) is 97.9. The first-order valence-electron chi connectivity index (χ1n) is 31.1. The van der Waals surface area contributed by atoms with Crippen LogP contribution in [0.1, 0.15) is 133 Å². The highest BCUT2D eigenvalue weighted by molar-refractivity contribution is 6.30. The Labute approximate surface area is 553 Å². The van der Waals surface area contributed by atoms with Gasteiger partial charge in [0.15, 0.2) is 22.6 Å². The molecule has 15 rings (SSSR count). The summed E-state index contributed by atoms with van der Waals surface area (Å²) in [7, 11) is 0. The van der Waals surface area contributed by atoms with Crippen LogP contribution in [-0.2, 0) is 51.9 Å². The monoisotopic (exact) mass is 1290 g/mol. The molecule has 0 spiro atoms. The molecule has 0 atom stereocenters. The van der Waals surface area contributed by atoms with Crippen LogP contribution in [0, 0.1) is 57.7 Å².